The van der Waals surface area contributed by atoms with Crippen LogP contribution in [0.4, 0.5) is 0 Å². The first-order valence-electron chi connectivity index (χ1n) is 12.8. The van der Waals surface area contributed by atoms with E-state index in [2.05, 4.69) is 83.1 Å². The lowest BCUT2D eigenvalue weighted by Crippen LogP contribution is -2.02. The minimum absolute atomic E-state index is 1.45. The van der Waals surface area contributed by atoms with Gasteiger partial charge in [0.25, 0.3) is 0 Å². The molecule has 5 aromatic carbocycles. The Morgan fingerprint density at radius 3 is 0.912 bits per heavy atom. The van der Waals surface area contributed by atoms with Gasteiger partial charge in [-0.15, -0.1) is 0 Å². The van der Waals surface area contributed by atoms with Gasteiger partial charge in [-0.25, -0.2) is 0 Å². The van der Waals surface area contributed by atoms with Crippen LogP contribution in [0.5, 0.6) is 0 Å². The van der Waals surface area contributed by atoms with Gasteiger partial charge in [-0.2, -0.15) is 0 Å². The van der Waals surface area contributed by atoms with Crippen molar-refractivity contribution in [3.05, 3.63) is 66.8 Å². The lowest BCUT2D eigenvalue weighted by molar-refractivity contribution is 1.22. The fourth-order valence-electron chi connectivity index (χ4n) is 7.56. The third-order valence-corrected chi connectivity index (χ3v) is 10.2. The number of fused-ring (bicyclic) bond motifs is 3. The molecule has 0 saturated carbocycles. The molecule has 172 valence electrons. The largest absolute Gasteiger partial charge is 0.0443 e. The van der Waals surface area contributed by atoms with Gasteiger partial charge in [0, 0.05) is 0 Å². The van der Waals surface area contributed by atoms with Crippen LogP contribution in [-0.4, -0.2) is 0 Å². The maximum Gasteiger partial charge on any atom is -0.000781 e. The SMILES string of the molecule is Cc1c(C)c(C)c2c(c1C)-c1c(C)c(C)c3c(C)c(C)c4c(C)c(C)c(C)c5c(C)c-2c1c3c45. The molecule has 0 nitrogen and oxygen atoms in total. The van der Waals surface area contributed by atoms with Crippen LogP contribution in [0, 0.1) is 83.1 Å². The summed E-state index contributed by atoms with van der Waals surface area (Å²) in [5.74, 6) is 0. The molecule has 0 heteroatoms. The molecule has 0 saturated heterocycles. The van der Waals surface area contributed by atoms with Crippen molar-refractivity contribution in [2.45, 2.75) is 83.1 Å². The van der Waals surface area contributed by atoms with Gasteiger partial charge in [0.15, 0.2) is 0 Å². The fourth-order valence-corrected chi connectivity index (χ4v) is 7.56. The lowest BCUT2D eigenvalue weighted by Gasteiger charge is -2.26. The first-order chi connectivity index (χ1) is 15.9. The second-order valence-corrected chi connectivity index (χ2v) is 11.2. The summed E-state index contributed by atoms with van der Waals surface area (Å²) < 4.78 is 0. The van der Waals surface area contributed by atoms with Crippen LogP contribution in [0.25, 0.3) is 54.6 Å². The Morgan fingerprint density at radius 1 is 0.176 bits per heavy atom. The average molecular weight is 445 g/mol. The molecule has 0 atom stereocenters. The molecule has 0 N–H and O–H groups in total. The molecule has 0 radical (unpaired) electrons. The van der Waals surface area contributed by atoms with Crippen molar-refractivity contribution in [2.75, 3.05) is 0 Å². The Balaban J connectivity index is 2.12. The van der Waals surface area contributed by atoms with Crippen LogP contribution >= 0.6 is 0 Å². The third-order valence-electron chi connectivity index (χ3n) is 10.2. The molecular weight excluding hydrogens is 408 g/mol. The second kappa shape index (κ2) is 6.42. The first kappa shape index (κ1) is 21.7. The molecule has 0 unspecified atom stereocenters. The van der Waals surface area contributed by atoms with Crippen LogP contribution in [0.2, 0.25) is 0 Å². The van der Waals surface area contributed by atoms with Crippen molar-refractivity contribution >= 4 is 32.3 Å². The highest BCUT2D eigenvalue weighted by atomic mass is 14.4. The van der Waals surface area contributed by atoms with Gasteiger partial charge in [-0.3, -0.25) is 0 Å². The molecule has 0 aromatic heterocycles. The summed E-state index contributed by atoms with van der Waals surface area (Å²) in [6, 6.07) is 0. The second-order valence-electron chi connectivity index (χ2n) is 11.2. The summed E-state index contributed by atoms with van der Waals surface area (Å²) >= 11 is 0. The summed E-state index contributed by atoms with van der Waals surface area (Å²) in [6.45, 7) is 28.2. The van der Waals surface area contributed by atoms with Gasteiger partial charge in [-0.1, -0.05) is 0 Å². The van der Waals surface area contributed by atoms with Gasteiger partial charge < -0.3 is 0 Å². The van der Waals surface area contributed by atoms with Gasteiger partial charge in [0.2, 0.25) is 0 Å². The van der Waals surface area contributed by atoms with Crippen molar-refractivity contribution in [3.63, 3.8) is 0 Å². The summed E-state index contributed by atoms with van der Waals surface area (Å²) in [5.41, 5.74) is 23.5. The monoisotopic (exact) mass is 444 g/mol. The highest BCUT2D eigenvalue weighted by Gasteiger charge is 2.34. The average Bonchev–Trinajstić information content (AvgIpc) is 3.16. The highest BCUT2D eigenvalue weighted by molar-refractivity contribution is 6.36. The van der Waals surface area contributed by atoms with E-state index in [9.17, 15) is 0 Å². The van der Waals surface area contributed by atoms with E-state index in [0.29, 0.717) is 0 Å². The number of hydrogen-bond donors (Lipinski definition) is 0. The predicted octanol–water partition coefficient (Wildman–Crippen LogP) is 9.93. The molecule has 1 aliphatic rings. The Morgan fingerprint density at radius 2 is 0.441 bits per heavy atom. The van der Waals surface area contributed by atoms with E-state index >= 15 is 0 Å². The normalized spacial score (nSPS) is 12.7. The zero-order valence-electron chi connectivity index (χ0n) is 23.0. The Hall–Kier alpha value is -2.86. The highest BCUT2D eigenvalue weighted by Crippen LogP contribution is 2.59. The Labute approximate surface area is 204 Å². The first-order valence-corrected chi connectivity index (χ1v) is 12.8. The van der Waals surface area contributed by atoms with Crippen LogP contribution < -0.4 is 0 Å². The van der Waals surface area contributed by atoms with Crippen molar-refractivity contribution in [1.82, 2.24) is 0 Å². The minimum Gasteiger partial charge on any atom is -0.0443 e. The molecule has 0 amide bonds. The zero-order chi connectivity index (χ0) is 24.7. The molecule has 0 aliphatic heterocycles. The number of benzene rings is 5. The van der Waals surface area contributed by atoms with E-state index in [4.69, 9.17) is 0 Å². The third kappa shape index (κ3) is 2.09. The molecule has 0 spiro atoms. The maximum atomic E-state index is 2.40. The Kier molecular flexibility index (Phi) is 4.09. The molecule has 5 aromatic rings. The van der Waals surface area contributed by atoms with E-state index in [0.717, 1.165) is 0 Å². The van der Waals surface area contributed by atoms with Gasteiger partial charge >= 0.3 is 0 Å². The van der Waals surface area contributed by atoms with Gasteiger partial charge in [0.1, 0.15) is 0 Å². The smallest absolute Gasteiger partial charge is 0.000781 e. The molecule has 0 fully saturated rings. The van der Waals surface area contributed by atoms with Crippen molar-refractivity contribution in [2.24, 2.45) is 0 Å². The van der Waals surface area contributed by atoms with E-state index in [1.807, 2.05) is 0 Å². The molecule has 0 bridgehead atoms. The number of rotatable bonds is 0. The lowest BCUT2D eigenvalue weighted by atomic mass is 9.77. The topological polar surface area (TPSA) is 0 Å². The Bertz CT molecular complexity index is 1790. The summed E-state index contributed by atoms with van der Waals surface area (Å²) in [6.07, 6.45) is 0. The maximum absolute atomic E-state index is 2.40. The quantitative estimate of drug-likeness (QED) is 0.204. The van der Waals surface area contributed by atoms with Crippen LogP contribution in [0.1, 0.15) is 66.8 Å². The van der Waals surface area contributed by atoms with Gasteiger partial charge in [-0.05, 0) is 204 Å². The standard InChI is InChI=1S/C34H36/c1-13-14(2)19(7)29-28(18(13)6)30-23(11)22(10)26-21(9)20(8)25-16(4)15(3)17(5)27-24(12)31(29)34(30)33(26)32(25)27/h1-12H3. The van der Waals surface area contributed by atoms with E-state index in [-0.39, 0.29) is 0 Å². The van der Waals surface area contributed by atoms with E-state index in [1.54, 1.807) is 0 Å². The van der Waals surface area contributed by atoms with Crippen molar-refractivity contribution < 1.29 is 0 Å². The molecule has 0 heterocycles. The van der Waals surface area contributed by atoms with Crippen LogP contribution in [-0.2, 0) is 0 Å². The predicted molar refractivity (Wildman–Crippen MR) is 151 cm³/mol. The molecular formula is C34H36. The molecule has 1 aliphatic carbocycles. The van der Waals surface area contributed by atoms with E-state index in [1.165, 1.54) is 121 Å². The number of aryl methyl sites for hydroxylation is 6. The molecule has 34 heavy (non-hydrogen) atoms. The zero-order valence-corrected chi connectivity index (χ0v) is 23.0. The van der Waals surface area contributed by atoms with E-state index < -0.39 is 0 Å². The summed E-state index contributed by atoms with van der Waals surface area (Å²) in [7, 11) is 0. The van der Waals surface area contributed by atoms with Crippen LogP contribution in [0.3, 0.4) is 0 Å². The fraction of sp³-hybridized carbons (Fsp3) is 0.353. The molecule has 6 rings (SSSR count). The number of hydrogen-bond acceptors (Lipinski definition) is 0. The summed E-state index contributed by atoms with van der Waals surface area (Å²) in [5, 5.41) is 9.02. The summed E-state index contributed by atoms with van der Waals surface area (Å²) in [4.78, 5) is 0. The van der Waals surface area contributed by atoms with Crippen molar-refractivity contribution in [3.8, 4) is 22.3 Å². The van der Waals surface area contributed by atoms with Crippen molar-refractivity contribution in [1.29, 1.82) is 0 Å². The van der Waals surface area contributed by atoms with Crippen LogP contribution in [0.15, 0.2) is 0 Å². The van der Waals surface area contributed by atoms with Gasteiger partial charge in [0.05, 0.1) is 0 Å². The minimum atomic E-state index is 1.45.